The molecule has 2 nitrogen and oxygen atoms in total. The molecule has 0 aromatic heterocycles. The van der Waals surface area contributed by atoms with E-state index in [-0.39, 0.29) is 0 Å². The van der Waals surface area contributed by atoms with Gasteiger partial charge < -0.3 is 0 Å². The lowest BCUT2D eigenvalue weighted by Crippen LogP contribution is -1.97. The van der Waals surface area contributed by atoms with E-state index in [0.717, 1.165) is 0 Å². The molecule has 1 radical (unpaired) electrons. The summed E-state index contributed by atoms with van der Waals surface area (Å²) in [5.41, 5.74) is 7.04. The molecule has 0 heterocycles. The van der Waals surface area contributed by atoms with E-state index >= 15 is 0 Å². The van der Waals surface area contributed by atoms with Crippen LogP contribution in [0.1, 0.15) is 10.4 Å². The fraction of sp³-hybridized carbons (Fsp3) is 0. The van der Waals surface area contributed by atoms with E-state index in [0.29, 0.717) is 10.6 Å². The molecule has 0 aliphatic heterocycles. The van der Waals surface area contributed by atoms with Gasteiger partial charge in [0, 0.05) is 10.6 Å². The van der Waals surface area contributed by atoms with Gasteiger partial charge in [0.1, 0.15) is 0 Å². The van der Waals surface area contributed by atoms with Crippen molar-refractivity contribution in [1.29, 1.82) is 0 Å². The van der Waals surface area contributed by atoms with Gasteiger partial charge in [0.15, 0.2) is 0 Å². The van der Waals surface area contributed by atoms with E-state index in [1.165, 1.54) is 6.07 Å². The number of benzene rings is 1. The third-order valence-electron chi connectivity index (χ3n) is 1.09. The summed E-state index contributed by atoms with van der Waals surface area (Å²) >= 11 is 5.55. The van der Waals surface area contributed by atoms with Crippen LogP contribution in [0.2, 0.25) is 5.02 Å². The lowest BCUT2D eigenvalue weighted by Gasteiger charge is -1.92. The van der Waals surface area contributed by atoms with Crippen LogP contribution >= 0.6 is 11.6 Å². The van der Waals surface area contributed by atoms with Crippen LogP contribution in [-0.2, 0) is 0 Å². The minimum Gasteiger partial charge on any atom is -0.267 e. The standard InChI is InChI=1S/C7H5ClNO/c8-6-3-1-2-5(4-6)7(9)10/h1-4,9H. The Morgan fingerprint density at radius 3 is 2.60 bits per heavy atom. The van der Waals surface area contributed by atoms with Gasteiger partial charge in [-0.15, -0.1) is 0 Å². The summed E-state index contributed by atoms with van der Waals surface area (Å²) in [6, 6.07) is 6.33. The van der Waals surface area contributed by atoms with Gasteiger partial charge in [-0.3, -0.25) is 10.5 Å². The minimum atomic E-state index is -0.706. The highest BCUT2D eigenvalue weighted by Crippen LogP contribution is 2.09. The van der Waals surface area contributed by atoms with E-state index in [4.69, 9.17) is 17.3 Å². The third-order valence-corrected chi connectivity index (χ3v) is 1.32. The average Bonchev–Trinajstić information content (AvgIpc) is 1.88. The van der Waals surface area contributed by atoms with Crippen LogP contribution in [0, 0.1) is 0 Å². The van der Waals surface area contributed by atoms with Crippen LogP contribution in [0.4, 0.5) is 0 Å². The SMILES string of the molecule is [NH]C(=O)c1cccc(Cl)c1. The highest BCUT2D eigenvalue weighted by Gasteiger charge is 1.98. The zero-order valence-electron chi connectivity index (χ0n) is 5.10. The molecule has 0 aliphatic rings. The predicted molar refractivity (Wildman–Crippen MR) is 38.9 cm³/mol. The largest absolute Gasteiger partial charge is 0.269 e. The molecule has 0 aliphatic carbocycles. The Labute approximate surface area is 63.6 Å². The highest BCUT2D eigenvalue weighted by molar-refractivity contribution is 6.30. The predicted octanol–water partition coefficient (Wildman–Crippen LogP) is 1.76. The van der Waals surface area contributed by atoms with Gasteiger partial charge in [-0.1, -0.05) is 17.7 Å². The van der Waals surface area contributed by atoms with Gasteiger partial charge in [0.25, 0.3) is 5.91 Å². The van der Waals surface area contributed by atoms with Gasteiger partial charge >= 0.3 is 0 Å². The van der Waals surface area contributed by atoms with E-state index in [1.807, 2.05) is 0 Å². The van der Waals surface area contributed by atoms with Crippen LogP contribution in [-0.4, -0.2) is 5.91 Å². The first-order valence-electron chi connectivity index (χ1n) is 2.71. The molecule has 0 atom stereocenters. The molecule has 1 amide bonds. The Bertz CT molecular complexity index is 260. The monoisotopic (exact) mass is 154 g/mol. The molecule has 0 saturated carbocycles. The molecule has 0 saturated heterocycles. The van der Waals surface area contributed by atoms with Crippen LogP contribution in [0.25, 0.3) is 0 Å². The molecule has 1 rings (SSSR count). The van der Waals surface area contributed by atoms with Gasteiger partial charge in [-0.25, -0.2) is 0 Å². The number of hydrogen-bond acceptors (Lipinski definition) is 1. The van der Waals surface area contributed by atoms with Crippen molar-refractivity contribution in [2.45, 2.75) is 0 Å². The molecule has 51 valence electrons. The van der Waals surface area contributed by atoms with Crippen molar-refractivity contribution in [2.75, 3.05) is 0 Å². The molecule has 0 bridgehead atoms. The van der Waals surface area contributed by atoms with E-state index in [9.17, 15) is 4.79 Å². The molecular weight excluding hydrogens is 150 g/mol. The summed E-state index contributed by atoms with van der Waals surface area (Å²) in [5, 5.41) is 0.484. The Balaban J connectivity index is 3.07. The molecule has 0 unspecified atom stereocenters. The summed E-state index contributed by atoms with van der Waals surface area (Å²) in [5.74, 6) is -0.706. The maximum absolute atomic E-state index is 10.4. The lowest BCUT2D eigenvalue weighted by atomic mass is 10.2. The average molecular weight is 155 g/mol. The third kappa shape index (κ3) is 1.48. The number of nitrogens with one attached hydrogen (secondary N) is 1. The van der Waals surface area contributed by atoms with Crippen LogP contribution in [0.15, 0.2) is 24.3 Å². The van der Waals surface area contributed by atoms with E-state index in [1.54, 1.807) is 18.2 Å². The number of carbonyl (C=O) groups excluding carboxylic acids is 1. The topological polar surface area (TPSA) is 40.9 Å². The van der Waals surface area contributed by atoms with Crippen molar-refractivity contribution in [3.63, 3.8) is 0 Å². The summed E-state index contributed by atoms with van der Waals surface area (Å²) in [6.45, 7) is 0. The van der Waals surface area contributed by atoms with Crippen molar-refractivity contribution in [3.8, 4) is 0 Å². The van der Waals surface area contributed by atoms with Crippen molar-refractivity contribution < 1.29 is 4.79 Å². The zero-order chi connectivity index (χ0) is 7.56. The second-order valence-electron chi connectivity index (χ2n) is 1.84. The molecule has 10 heavy (non-hydrogen) atoms. The molecular formula is C7H5ClNO. The van der Waals surface area contributed by atoms with Crippen LogP contribution < -0.4 is 5.73 Å². The first-order valence-corrected chi connectivity index (χ1v) is 3.09. The van der Waals surface area contributed by atoms with Gasteiger partial charge in [0.2, 0.25) is 0 Å². The Morgan fingerprint density at radius 2 is 2.20 bits per heavy atom. The van der Waals surface area contributed by atoms with E-state index < -0.39 is 5.91 Å². The van der Waals surface area contributed by atoms with Crippen LogP contribution in [0.5, 0.6) is 0 Å². The molecule has 0 spiro atoms. The van der Waals surface area contributed by atoms with Gasteiger partial charge in [0.05, 0.1) is 0 Å². The fourth-order valence-electron chi connectivity index (χ4n) is 0.630. The number of rotatable bonds is 1. The van der Waals surface area contributed by atoms with Gasteiger partial charge in [-0.05, 0) is 18.2 Å². The maximum atomic E-state index is 10.4. The first-order chi connectivity index (χ1) is 4.70. The highest BCUT2D eigenvalue weighted by atomic mass is 35.5. The number of amides is 1. The zero-order valence-corrected chi connectivity index (χ0v) is 5.85. The summed E-state index contributed by atoms with van der Waals surface area (Å²) in [4.78, 5) is 10.4. The Hall–Kier alpha value is -1.02. The summed E-state index contributed by atoms with van der Waals surface area (Å²) in [7, 11) is 0. The molecule has 0 fully saturated rings. The number of hydrogen-bond donors (Lipinski definition) is 0. The number of carbonyl (C=O) groups is 1. The normalized spacial score (nSPS) is 9.30. The van der Waals surface area contributed by atoms with Crippen molar-refractivity contribution in [1.82, 2.24) is 5.73 Å². The second-order valence-corrected chi connectivity index (χ2v) is 2.28. The van der Waals surface area contributed by atoms with Crippen molar-refractivity contribution in [2.24, 2.45) is 0 Å². The first kappa shape index (κ1) is 7.09. The molecule has 1 N–H and O–H groups in total. The molecule has 1 aromatic rings. The second kappa shape index (κ2) is 2.71. The Morgan fingerprint density at radius 1 is 1.50 bits per heavy atom. The smallest absolute Gasteiger partial charge is 0.267 e. The number of halogens is 1. The quantitative estimate of drug-likeness (QED) is 0.608. The van der Waals surface area contributed by atoms with E-state index in [2.05, 4.69) is 0 Å². The summed E-state index contributed by atoms with van der Waals surface area (Å²) < 4.78 is 0. The fourth-order valence-corrected chi connectivity index (χ4v) is 0.820. The molecule has 3 heteroatoms. The van der Waals surface area contributed by atoms with Crippen molar-refractivity contribution in [3.05, 3.63) is 34.9 Å². The lowest BCUT2D eigenvalue weighted by molar-refractivity contribution is 0.0992. The minimum absolute atomic E-state index is 0.326. The van der Waals surface area contributed by atoms with Gasteiger partial charge in [-0.2, -0.15) is 0 Å². The molecule has 1 aromatic carbocycles. The van der Waals surface area contributed by atoms with Crippen LogP contribution in [0.3, 0.4) is 0 Å². The summed E-state index contributed by atoms with van der Waals surface area (Å²) in [6.07, 6.45) is 0. The van der Waals surface area contributed by atoms with Crippen molar-refractivity contribution >= 4 is 17.5 Å². The maximum Gasteiger partial charge on any atom is 0.269 e. The Kier molecular flexibility index (Phi) is 1.92.